The van der Waals surface area contributed by atoms with Crippen molar-refractivity contribution in [2.24, 2.45) is 0 Å². The first-order valence-corrected chi connectivity index (χ1v) is 8.85. The molecule has 1 saturated heterocycles. The van der Waals surface area contributed by atoms with Crippen molar-refractivity contribution in [3.63, 3.8) is 0 Å². The van der Waals surface area contributed by atoms with E-state index in [0.29, 0.717) is 44.2 Å². The van der Waals surface area contributed by atoms with Gasteiger partial charge in [0.05, 0.1) is 13.7 Å². The molecule has 28 heavy (non-hydrogen) atoms. The third-order valence-electron chi connectivity index (χ3n) is 4.25. The van der Waals surface area contributed by atoms with Crippen molar-refractivity contribution in [1.82, 2.24) is 19.9 Å². The summed E-state index contributed by atoms with van der Waals surface area (Å²) < 4.78 is 49.4. The summed E-state index contributed by atoms with van der Waals surface area (Å²) in [5, 5.41) is 3.31. The highest BCUT2D eigenvalue weighted by Gasteiger charge is 2.35. The topological polar surface area (TPSA) is 85.3 Å². The highest BCUT2D eigenvalue weighted by atomic mass is 19.4. The second-order valence-corrected chi connectivity index (χ2v) is 6.17. The van der Waals surface area contributed by atoms with Gasteiger partial charge in [-0.25, -0.2) is 15.0 Å². The van der Waals surface area contributed by atoms with Crippen LogP contribution in [0.2, 0.25) is 0 Å². The molecule has 0 aromatic carbocycles. The van der Waals surface area contributed by atoms with Crippen LogP contribution in [0, 0.1) is 0 Å². The Morgan fingerprint density at radius 1 is 1.14 bits per heavy atom. The van der Waals surface area contributed by atoms with Crippen LogP contribution in [0.25, 0.3) is 0 Å². The molecular weight excluding hydrogens is 377 g/mol. The van der Waals surface area contributed by atoms with Crippen LogP contribution >= 0.6 is 0 Å². The van der Waals surface area contributed by atoms with Crippen molar-refractivity contribution in [2.45, 2.75) is 32.0 Å². The Labute approximate surface area is 160 Å². The lowest BCUT2D eigenvalue weighted by atomic mass is 10.1. The third kappa shape index (κ3) is 4.90. The van der Waals surface area contributed by atoms with Crippen molar-refractivity contribution in [3.05, 3.63) is 24.2 Å². The minimum Gasteiger partial charge on any atom is -0.481 e. The van der Waals surface area contributed by atoms with Gasteiger partial charge in [-0.2, -0.15) is 18.2 Å². The number of piperidine rings is 1. The van der Waals surface area contributed by atoms with Crippen LogP contribution in [-0.2, 0) is 6.18 Å². The van der Waals surface area contributed by atoms with E-state index in [0.717, 1.165) is 6.07 Å². The molecule has 11 heteroatoms. The van der Waals surface area contributed by atoms with Gasteiger partial charge >= 0.3 is 6.18 Å². The maximum Gasteiger partial charge on any atom is 0.433 e. The van der Waals surface area contributed by atoms with Crippen molar-refractivity contribution < 1.29 is 22.6 Å². The molecular formula is C17H21F3N6O2. The van der Waals surface area contributed by atoms with Crippen LogP contribution in [0.4, 0.5) is 24.9 Å². The van der Waals surface area contributed by atoms with E-state index in [4.69, 9.17) is 9.47 Å². The van der Waals surface area contributed by atoms with Crippen LogP contribution in [-0.4, -0.2) is 52.8 Å². The quantitative estimate of drug-likeness (QED) is 0.795. The number of halogens is 3. The highest BCUT2D eigenvalue weighted by Crippen LogP contribution is 2.31. The van der Waals surface area contributed by atoms with E-state index in [1.807, 2.05) is 6.92 Å². The van der Waals surface area contributed by atoms with E-state index < -0.39 is 11.9 Å². The van der Waals surface area contributed by atoms with E-state index in [1.165, 1.54) is 13.4 Å². The molecule has 0 aliphatic carbocycles. The monoisotopic (exact) mass is 398 g/mol. The average molecular weight is 398 g/mol. The summed E-state index contributed by atoms with van der Waals surface area (Å²) in [6.07, 6.45) is -1.76. The number of nitrogens with one attached hydrogen (secondary N) is 1. The number of rotatable bonds is 6. The molecule has 2 aromatic heterocycles. The molecule has 1 N–H and O–H groups in total. The minimum atomic E-state index is -4.56. The first kappa shape index (κ1) is 19.9. The van der Waals surface area contributed by atoms with Gasteiger partial charge < -0.3 is 19.7 Å². The highest BCUT2D eigenvalue weighted by molar-refractivity contribution is 5.40. The summed E-state index contributed by atoms with van der Waals surface area (Å²) in [4.78, 5) is 17.6. The smallest absolute Gasteiger partial charge is 0.433 e. The molecule has 8 nitrogen and oxygen atoms in total. The van der Waals surface area contributed by atoms with E-state index >= 15 is 0 Å². The molecule has 1 aliphatic heterocycles. The summed E-state index contributed by atoms with van der Waals surface area (Å²) in [6.45, 7) is 3.39. The third-order valence-corrected chi connectivity index (χ3v) is 4.25. The van der Waals surface area contributed by atoms with Gasteiger partial charge in [0.25, 0.3) is 0 Å². The van der Waals surface area contributed by atoms with Gasteiger partial charge in [0.2, 0.25) is 17.7 Å². The first-order valence-electron chi connectivity index (χ1n) is 8.85. The number of nitrogens with zero attached hydrogens (tertiary/aromatic N) is 5. The van der Waals surface area contributed by atoms with Crippen LogP contribution in [0.5, 0.6) is 11.8 Å². The zero-order valence-corrected chi connectivity index (χ0v) is 15.5. The van der Waals surface area contributed by atoms with E-state index in [-0.39, 0.29) is 17.9 Å². The Hall–Kier alpha value is -2.85. The Morgan fingerprint density at radius 3 is 2.54 bits per heavy atom. The maximum atomic E-state index is 13.0. The molecule has 0 radical (unpaired) electrons. The van der Waals surface area contributed by atoms with Crippen molar-refractivity contribution in [2.75, 3.05) is 37.0 Å². The Kier molecular flexibility index (Phi) is 6.00. The van der Waals surface area contributed by atoms with Gasteiger partial charge in [-0.05, 0) is 19.8 Å². The number of hydrogen-bond donors (Lipinski definition) is 1. The fourth-order valence-electron chi connectivity index (χ4n) is 2.88. The van der Waals surface area contributed by atoms with E-state index in [1.54, 1.807) is 11.0 Å². The van der Waals surface area contributed by atoms with E-state index in [2.05, 4.69) is 25.3 Å². The first-order chi connectivity index (χ1) is 13.4. The summed E-state index contributed by atoms with van der Waals surface area (Å²) in [7, 11) is 1.28. The molecule has 0 bridgehead atoms. The largest absolute Gasteiger partial charge is 0.481 e. The molecule has 3 heterocycles. The Balaban J connectivity index is 1.64. The van der Waals surface area contributed by atoms with Gasteiger partial charge in [-0.1, -0.05) is 0 Å². The van der Waals surface area contributed by atoms with Gasteiger partial charge in [0, 0.05) is 31.3 Å². The Morgan fingerprint density at radius 2 is 1.89 bits per heavy atom. The second kappa shape index (κ2) is 8.44. The molecule has 1 aliphatic rings. The summed E-state index contributed by atoms with van der Waals surface area (Å²) in [6, 6.07) is 2.63. The number of hydrogen-bond acceptors (Lipinski definition) is 8. The van der Waals surface area contributed by atoms with Gasteiger partial charge in [0.1, 0.15) is 12.1 Å². The lowest BCUT2D eigenvalue weighted by Gasteiger charge is -2.32. The standard InChI is InChI=1S/C17H21F3N6O2/c1-3-28-14-9-13(21-10-22-14)23-11-4-6-26(7-5-11)16-24-12(17(18,19)20)8-15(25-16)27-2/h8-11H,3-7H2,1-2H3,(H,21,22,23). The van der Waals surface area contributed by atoms with Crippen LogP contribution in [0.3, 0.4) is 0 Å². The molecule has 0 spiro atoms. The predicted molar refractivity (Wildman–Crippen MR) is 95.6 cm³/mol. The van der Waals surface area contributed by atoms with Crippen molar-refractivity contribution in [3.8, 4) is 11.8 Å². The number of ether oxygens (including phenoxy) is 2. The number of anilines is 2. The maximum absolute atomic E-state index is 13.0. The second-order valence-electron chi connectivity index (χ2n) is 6.17. The molecule has 0 saturated carbocycles. The lowest BCUT2D eigenvalue weighted by Crippen LogP contribution is -2.40. The normalized spacial score (nSPS) is 15.4. The average Bonchev–Trinajstić information content (AvgIpc) is 2.68. The molecule has 3 rings (SSSR count). The predicted octanol–water partition coefficient (Wildman–Crippen LogP) is 2.77. The van der Waals surface area contributed by atoms with Gasteiger partial charge in [0.15, 0.2) is 5.69 Å². The van der Waals surface area contributed by atoms with Gasteiger partial charge in [-0.15, -0.1) is 0 Å². The molecule has 0 atom stereocenters. The zero-order valence-electron chi connectivity index (χ0n) is 15.5. The van der Waals surface area contributed by atoms with Crippen molar-refractivity contribution in [1.29, 1.82) is 0 Å². The fourth-order valence-corrected chi connectivity index (χ4v) is 2.88. The molecule has 0 unspecified atom stereocenters. The summed E-state index contributed by atoms with van der Waals surface area (Å²) >= 11 is 0. The van der Waals surface area contributed by atoms with Gasteiger partial charge in [-0.3, -0.25) is 0 Å². The fraction of sp³-hybridized carbons (Fsp3) is 0.529. The molecule has 0 amide bonds. The lowest BCUT2D eigenvalue weighted by molar-refractivity contribution is -0.141. The van der Waals surface area contributed by atoms with Crippen molar-refractivity contribution >= 4 is 11.8 Å². The van der Waals surface area contributed by atoms with E-state index in [9.17, 15) is 13.2 Å². The van der Waals surface area contributed by atoms with Crippen LogP contribution in [0.15, 0.2) is 18.5 Å². The van der Waals surface area contributed by atoms with Crippen LogP contribution in [0.1, 0.15) is 25.5 Å². The molecule has 1 fully saturated rings. The van der Waals surface area contributed by atoms with Crippen LogP contribution < -0.4 is 19.7 Å². The Bertz CT molecular complexity index is 797. The summed E-state index contributed by atoms with van der Waals surface area (Å²) in [5.74, 6) is 1.04. The zero-order chi connectivity index (χ0) is 20.1. The number of aromatic nitrogens is 4. The summed E-state index contributed by atoms with van der Waals surface area (Å²) in [5.41, 5.74) is -1.01. The SMILES string of the molecule is CCOc1cc(NC2CCN(c3nc(OC)cc(C(F)(F)F)n3)CC2)ncn1. The number of alkyl halides is 3. The minimum absolute atomic E-state index is 0.0193. The molecule has 2 aromatic rings. The molecule has 152 valence electrons. The number of methoxy groups -OCH3 is 1.